The highest BCUT2D eigenvalue weighted by Gasteiger charge is 2.51. The van der Waals surface area contributed by atoms with Crippen molar-refractivity contribution in [2.45, 2.75) is 38.3 Å². The summed E-state index contributed by atoms with van der Waals surface area (Å²) in [4.78, 5) is 42.8. The minimum Gasteiger partial charge on any atom is -0.336 e. The molecule has 1 aromatic heterocycles. The summed E-state index contributed by atoms with van der Waals surface area (Å²) in [6.07, 6.45) is 1.94. The second-order valence-electron chi connectivity index (χ2n) is 9.69. The van der Waals surface area contributed by atoms with Gasteiger partial charge in [0.2, 0.25) is 5.91 Å². The number of carbonyl (C=O) groups is 3. The Balaban J connectivity index is 1.52. The van der Waals surface area contributed by atoms with Gasteiger partial charge >= 0.3 is 0 Å². The first kappa shape index (κ1) is 27.3. The summed E-state index contributed by atoms with van der Waals surface area (Å²) in [6, 6.07) is 14.9. The number of thiophene rings is 1. The molecule has 0 aliphatic carbocycles. The molecule has 2 amide bonds. The molecule has 1 atom stereocenters. The lowest BCUT2D eigenvalue weighted by Gasteiger charge is -2.51. The van der Waals surface area contributed by atoms with Crippen LogP contribution < -0.4 is 0 Å². The molecular weight excluding hydrogens is 532 g/mol. The second-order valence-corrected chi connectivity index (χ2v) is 13.2. The maximum absolute atomic E-state index is 13.9. The van der Waals surface area contributed by atoms with Gasteiger partial charge in [-0.2, -0.15) is 0 Å². The van der Waals surface area contributed by atoms with Crippen molar-refractivity contribution in [3.8, 4) is 0 Å². The van der Waals surface area contributed by atoms with Gasteiger partial charge < -0.3 is 9.80 Å². The minimum atomic E-state index is -3.40. The van der Waals surface area contributed by atoms with Crippen molar-refractivity contribution in [3.63, 3.8) is 0 Å². The first-order valence-electron chi connectivity index (χ1n) is 12.0. The van der Waals surface area contributed by atoms with Crippen LogP contribution in [0.5, 0.6) is 0 Å². The lowest BCUT2D eigenvalue weighted by atomic mass is 9.84. The highest BCUT2D eigenvalue weighted by molar-refractivity contribution is 7.91. The highest BCUT2D eigenvalue weighted by Crippen LogP contribution is 2.37. The van der Waals surface area contributed by atoms with Crippen LogP contribution >= 0.6 is 22.9 Å². The van der Waals surface area contributed by atoms with Crippen molar-refractivity contribution in [1.29, 1.82) is 0 Å². The fraction of sp³-hybridized carbons (Fsp3) is 0.370. The van der Waals surface area contributed by atoms with Crippen LogP contribution in [0.1, 0.15) is 42.1 Å². The summed E-state index contributed by atoms with van der Waals surface area (Å²) in [6.45, 7) is 2.81. The van der Waals surface area contributed by atoms with E-state index in [1.807, 2.05) is 41.8 Å². The molecule has 1 aliphatic rings. The largest absolute Gasteiger partial charge is 0.336 e. The number of hydrogen-bond acceptors (Lipinski definition) is 6. The molecule has 0 bridgehead atoms. The van der Waals surface area contributed by atoms with Crippen molar-refractivity contribution in [2.24, 2.45) is 0 Å². The Hall–Kier alpha value is -2.75. The maximum Gasteiger partial charge on any atom is 0.256 e. The molecule has 0 saturated carbocycles. The zero-order valence-electron chi connectivity index (χ0n) is 20.8. The first-order chi connectivity index (χ1) is 17.5. The summed E-state index contributed by atoms with van der Waals surface area (Å²) in [7, 11) is -3.40. The van der Waals surface area contributed by atoms with Crippen LogP contribution in [0.15, 0.2) is 53.9 Å². The number of sulfone groups is 1. The molecule has 0 N–H and O–H groups in total. The molecule has 1 saturated heterocycles. The molecule has 2 heterocycles. The number of likely N-dealkylation sites (tertiary alicyclic amines) is 1. The Kier molecular flexibility index (Phi) is 8.06. The molecule has 10 heteroatoms. The van der Waals surface area contributed by atoms with Gasteiger partial charge in [0.25, 0.3) is 5.91 Å². The number of hydrogen-bond donors (Lipinski definition) is 0. The normalized spacial score (nSPS) is 17.4. The van der Waals surface area contributed by atoms with E-state index < -0.39 is 21.1 Å². The fourth-order valence-corrected chi connectivity index (χ4v) is 6.42. The Morgan fingerprint density at radius 2 is 1.81 bits per heavy atom. The third-order valence-electron chi connectivity index (χ3n) is 6.72. The van der Waals surface area contributed by atoms with Gasteiger partial charge in [-0.1, -0.05) is 41.9 Å². The monoisotopic (exact) mass is 560 g/mol. The Labute approximate surface area is 225 Å². The summed E-state index contributed by atoms with van der Waals surface area (Å²) in [5.41, 5.74) is 0.448. The predicted octanol–water partition coefficient (Wildman–Crippen LogP) is 4.58. The average molecular weight is 561 g/mol. The smallest absolute Gasteiger partial charge is 0.256 e. The molecule has 1 fully saturated rings. The van der Waals surface area contributed by atoms with Crippen LogP contribution in [-0.4, -0.2) is 66.5 Å². The van der Waals surface area contributed by atoms with Gasteiger partial charge in [0, 0.05) is 52.8 Å². The third kappa shape index (κ3) is 6.22. The number of ketones is 1. The molecule has 4 rings (SSSR count). The molecule has 0 radical (unpaired) electrons. The Morgan fingerprint density at radius 1 is 1.11 bits per heavy atom. The van der Waals surface area contributed by atoms with Gasteiger partial charge in [-0.05, 0) is 43.5 Å². The molecule has 0 spiro atoms. The molecule has 2 aromatic carbocycles. The summed E-state index contributed by atoms with van der Waals surface area (Å²) < 4.78 is 23.9. The average Bonchev–Trinajstić information content (AvgIpc) is 3.26. The Morgan fingerprint density at radius 3 is 2.46 bits per heavy atom. The lowest BCUT2D eigenvalue weighted by molar-refractivity contribution is -0.149. The molecule has 3 aromatic rings. The van der Waals surface area contributed by atoms with E-state index in [0.29, 0.717) is 30.0 Å². The number of Topliss-reactive ketones (excluding diaryl/α,β-unsaturated/α-hetero) is 1. The number of amides is 2. The number of rotatable bonds is 10. The van der Waals surface area contributed by atoms with Gasteiger partial charge in [0.15, 0.2) is 9.84 Å². The highest BCUT2D eigenvalue weighted by atomic mass is 35.5. The number of benzene rings is 2. The fourth-order valence-electron chi connectivity index (χ4n) is 4.63. The van der Waals surface area contributed by atoms with Crippen LogP contribution in [0.4, 0.5) is 0 Å². The molecule has 7 nitrogen and oxygen atoms in total. The molecule has 1 aliphatic heterocycles. The summed E-state index contributed by atoms with van der Waals surface area (Å²) in [5, 5.41) is 3.30. The predicted molar refractivity (Wildman–Crippen MR) is 147 cm³/mol. The number of carbonyl (C=O) groups excluding carboxylic acids is 3. The minimum absolute atomic E-state index is 0.0533. The van der Waals surface area contributed by atoms with Crippen LogP contribution in [0.3, 0.4) is 0 Å². The van der Waals surface area contributed by atoms with Crippen LogP contribution in [0, 0.1) is 0 Å². The maximum atomic E-state index is 13.9. The van der Waals surface area contributed by atoms with Crippen LogP contribution in [0.25, 0.3) is 10.1 Å². The lowest BCUT2D eigenvalue weighted by Crippen LogP contribution is -2.67. The van der Waals surface area contributed by atoms with Gasteiger partial charge in [-0.15, -0.1) is 11.3 Å². The standard InChI is InChI=1S/C27H29ClN2O5S2/c1-27(13-15-30(27)25(32)23-17-36-24-8-4-3-7-22(23)24)26(33)29(16-19-9-11-20(28)12-10-19)14-5-6-21(31)18-37(2,34)35/h3-4,7-12,17H,5-6,13-16,18H2,1-2H3. The van der Waals surface area contributed by atoms with E-state index in [9.17, 15) is 22.8 Å². The van der Waals surface area contributed by atoms with E-state index in [4.69, 9.17) is 11.6 Å². The van der Waals surface area contributed by atoms with E-state index in [-0.39, 0.29) is 37.1 Å². The number of fused-ring (bicyclic) bond motifs is 1. The van der Waals surface area contributed by atoms with Crippen LogP contribution in [-0.2, 0) is 26.0 Å². The van der Waals surface area contributed by atoms with E-state index in [1.165, 1.54) is 11.3 Å². The molecular formula is C27H29ClN2O5S2. The van der Waals surface area contributed by atoms with Crippen molar-refractivity contribution >= 4 is 60.5 Å². The zero-order chi connectivity index (χ0) is 26.8. The van der Waals surface area contributed by atoms with Crippen molar-refractivity contribution < 1.29 is 22.8 Å². The van der Waals surface area contributed by atoms with Gasteiger partial charge in [-0.3, -0.25) is 14.4 Å². The third-order valence-corrected chi connectivity index (χ3v) is 8.78. The van der Waals surface area contributed by atoms with E-state index in [1.54, 1.807) is 28.9 Å². The topological polar surface area (TPSA) is 91.8 Å². The van der Waals surface area contributed by atoms with E-state index in [0.717, 1.165) is 21.9 Å². The van der Waals surface area contributed by atoms with Crippen molar-refractivity contribution in [1.82, 2.24) is 9.80 Å². The molecule has 1 unspecified atom stereocenters. The SMILES string of the molecule is CC1(C(=O)N(CCCC(=O)CS(C)(=O)=O)Cc2ccc(Cl)cc2)CCN1C(=O)c1csc2ccccc12. The van der Waals surface area contributed by atoms with Gasteiger partial charge in [-0.25, -0.2) is 8.42 Å². The number of nitrogens with zero attached hydrogens (tertiary/aromatic N) is 2. The zero-order valence-corrected chi connectivity index (χ0v) is 23.2. The van der Waals surface area contributed by atoms with Gasteiger partial charge in [0.1, 0.15) is 17.1 Å². The summed E-state index contributed by atoms with van der Waals surface area (Å²) in [5.74, 6) is -1.25. The van der Waals surface area contributed by atoms with Crippen molar-refractivity contribution in [2.75, 3.05) is 25.1 Å². The van der Waals surface area contributed by atoms with Gasteiger partial charge in [0.05, 0.1) is 5.56 Å². The summed E-state index contributed by atoms with van der Waals surface area (Å²) >= 11 is 7.52. The van der Waals surface area contributed by atoms with Crippen LogP contribution in [0.2, 0.25) is 5.02 Å². The number of halogens is 1. The quantitative estimate of drug-likeness (QED) is 0.362. The second kappa shape index (κ2) is 10.9. The Bertz CT molecular complexity index is 1430. The first-order valence-corrected chi connectivity index (χ1v) is 15.3. The molecule has 196 valence electrons. The van der Waals surface area contributed by atoms with Crippen molar-refractivity contribution in [3.05, 3.63) is 70.1 Å². The van der Waals surface area contributed by atoms with E-state index >= 15 is 0 Å². The van der Waals surface area contributed by atoms with E-state index in [2.05, 4.69) is 0 Å². The molecule has 37 heavy (non-hydrogen) atoms.